The van der Waals surface area contributed by atoms with Crippen molar-refractivity contribution in [2.75, 3.05) is 20.8 Å². The highest BCUT2D eigenvalue weighted by Crippen LogP contribution is 2.28. The van der Waals surface area contributed by atoms with Crippen LogP contribution in [0.2, 0.25) is 0 Å². The predicted molar refractivity (Wildman–Crippen MR) is 107 cm³/mol. The van der Waals surface area contributed by atoms with Crippen LogP contribution in [0.3, 0.4) is 0 Å². The maximum Gasteiger partial charge on any atom is 0.344 e. The van der Waals surface area contributed by atoms with E-state index in [0.717, 1.165) is 29.7 Å². The molecule has 0 unspecified atom stereocenters. The first-order chi connectivity index (χ1) is 13.3. The number of pyridine rings is 1. The van der Waals surface area contributed by atoms with Crippen molar-refractivity contribution < 1.29 is 23.7 Å². The molecule has 0 N–H and O–H groups in total. The number of methoxy groups -OCH3 is 2. The lowest BCUT2D eigenvalue weighted by atomic mass is 10.0. The lowest BCUT2D eigenvalue weighted by molar-refractivity contribution is -0.157. The van der Waals surface area contributed by atoms with Crippen LogP contribution in [0.4, 0.5) is 0 Å². The van der Waals surface area contributed by atoms with Gasteiger partial charge in [-0.15, -0.1) is 0 Å². The number of rotatable bonds is 9. The molecule has 1 heterocycles. The molecule has 28 heavy (non-hydrogen) atoms. The van der Waals surface area contributed by atoms with E-state index in [0.29, 0.717) is 11.5 Å². The van der Waals surface area contributed by atoms with Crippen LogP contribution >= 0.6 is 0 Å². The fourth-order valence-electron chi connectivity index (χ4n) is 2.58. The molecule has 1 aromatic heterocycles. The SMILES string of the molecule is COc1ccc(CC[CH]c2cncc(OCC(=O)OC(C)(C)C)c2)cc1OC. The number of esters is 1. The van der Waals surface area contributed by atoms with E-state index in [1.165, 1.54) is 0 Å². The molecule has 0 saturated heterocycles. The van der Waals surface area contributed by atoms with Crippen LogP contribution in [-0.2, 0) is 16.0 Å². The zero-order valence-electron chi connectivity index (χ0n) is 17.2. The summed E-state index contributed by atoms with van der Waals surface area (Å²) in [6, 6.07) is 7.76. The maximum atomic E-state index is 11.7. The summed E-state index contributed by atoms with van der Waals surface area (Å²) in [6.45, 7) is 5.31. The Bertz CT molecular complexity index is 783. The van der Waals surface area contributed by atoms with Gasteiger partial charge in [-0.05, 0) is 69.4 Å². The fourth-order valence-corrected chi connectivity index (χ4v) is 2.58. The number of aryl methyl sites for hydroxylation is 1. The summed E-state index contributed by atoms with van der Waals surface area (Å²) in [7, 11) is 3.25. The molecule has 0 aliphatic heterocycles. The third-order valence-electron chi connectivity index (χ3n) is 3.77. The van der Waals surface area contributed by atoms with Gasteiger partial charge < -0.3 is 18.9 Å². The Morgan fingerprint density at radius 2 is 1.82 bits per heavy atom. The monoisotopic (exact) mass is 386 g/mol. The van der Waals surface area contributed by atoms with Gasteiger partial charge in [0.15, 0.2) is 18.1 Å². The molecule has 2 aromatic rings. The first-order valence-corrected chi connectivity index (χ1v) is 9.14. The zero-order chi connectivity index (χ0) is 20.6. The van der Waals surface area contributed by atoms with Crippen LogP contribution in [0.25, 0.3) is 0 Å². The third kappa shape index (κ3) is 7.10. The second-order valence-electron chi connectivity index (χ2n) is 7.26. The van der Waals surface area contributed by atoms with Crippen molar-refractivity contribution in [1.29, 1.82) is 0 Å². The van der Waals surface area contributed by atoms with Crippen LogP contribution < -0.4 is 14.2 Å². The van der Waals surface area contributed by atoms with Crippen molar-refractivity contribution in [3.63, 3.8) is 0 Å². The van der Waals surface area contributed by atoms with Gasteiger partial charge >= 0.3 is 5.97 Å². The maximum absolute atomic E-state index is 11.7. The van der Waals surface area contributed by atoms with Gasteiger partial charge in [0.05, 0.1) is 20.4 Å². The van der Waals surface area contributed by atoms with Gasteiger partial charge in [0.2, 0.25) is 0 Å². The lowest BCUT2D eigenvalue weighted by Gasteiger charge is -2.19. The minimum Gasteiger partial charge on any atom is -0.493 e. The zero-order valence-corrected chi connectivity index (χ0v) is 17.2. The fraction of sp³-hybridized carbons (Fsp3) is 0.409. The van der Waals surface area contributed by atoms with E-state index in [1.807, 2.05) is 45.0 Å². The van der Waals surface area contributed by atoms with Gasteiger partial charge in [0.1, 0.15) is 11.4 Å². The molecule has 1 aromatic carbocycles. The van der Waals surface area contributed by atoms with E-state index < -0.39 is 11.6 Å². The van der Waals surface area contributed by atoms with E-state index in [1.54, 1.807) is 26.6 Å². The highest BCUT2D eigenvalue weighted by molar-refractivity contribution is 5.71. The molecular weight excluding hydrogens is 358 g/mol. The van der Waals surface area contributed by atoms with Gasteiger partial charge in [-0.1, -0.05) is 6.07 Å². The average Bonchev–Trinajstić information content (AvgIpc) is 2.65. The number of hydrogen-bond acceptors (Lipinski definition) is 6. The van der Waals surface area contributed by atoms with Gasteiger partial charge in [-0.2, -0.15) is 0 Å². The molecule has 6 heteroatoms. The molecule has 0 amide bonds. The van der Waals surface area contributed by atoms with Crippen molar-refractivity contribution in [3.05, 3.63) is 54.2 Å². The summed E-state index contributed by atoms with van der Waals surface area (Å²) in [5.74, 6) is 1.56. The minimum atomic E-state index is -0.529. The van der Waals surface area contributed by atoms with Crippen molar-refractivity contribution in [3.8, 4) is 17.2 Å². The molecule has 2 rings (SSSR count). The predicted octanol–water partition coefficient (Wildman–Crippen LogP) is 4.00. The molecule has 0 atom stereocenters. The van der Waals surface area contributed by atoms with E-state index in [4.69, 9.17) is 18.9 Å². The number of benzene rings is 1. The first-order valence-electron chi connectivity index (χ1n) is 9.14. The molecule has 0 fully saturated rings. The Hall–Kier alpha value is -2.76. The van der Waals surface area contributed by atoms with Crippen LogP contribution in [0, 0.1) is 6.42 Å². The Labute approximate surface area is 166 Å². The van der Waals surface area contributed by atoms with Crippen molar-refractivity contribution in [2.24, 2.45) is 0 Å². The van der Waals surface area contributed by atoms with Gasteiger partial charge in [-0.25, -0.2) is 4.79 Å². The summed E-state index contributed by atoms with van der Waals surface area (Å²) in [6.07, 6.45) is 7.09. The second kappa shape index (κ2) is 9.97. The van der Waals surface area contributed by atoms with E-state index >= 15 is 0 Å². The van der Waals surface area contributed by atoms with Gasteiger partial charge in [0.25, 0.3) is 0 Å². The number of carbonyl (C=O) groups excluding carboxylic acids is 1. The third-order valence-corrected chi connectivity index (χ3v) is 3.77. The Morgan fingerprint density at radius 3 is 2.50 bits per heavy atom. The molecule has 151 valence electrons. The number of aromatic nitrogens is 1. The summed E-state index contributed by atoms with van der Waals surface area (Å²) in [5.41, 5.74) is 1.56. The number of carbonyl (C=O) groups is 1. The normalized spacial score (nSPS) is 11.0. The van der Waals surface area contributed by atoms with E-state index in [-0.39, 0.29) is 6.61 Å². The molecule has 0 aliphatic carbocycles. The minimum absolute atomic E-state index is 0.145. The Kier molecular flexibility index (Phi) is 7.67. The van der Waals surface area contributed by atoms with Crippen molar-refractivity contribution in [2.45, 2.75) is 39.2 Å². The smallest absolute Gasteiger partial charge is 0.344 e. The van der Waals surface area contributed by atoms with Gasteiger partial charge in [-0.3, -0.25) is 4.98 Å². The van der Waals surface area contributed by atoms with Gasteiger partial charge in [0, 0.05) is 6.20 Å². The van der Waals surface area contributed by atoms with E-state index in [9.17, 15) is 4.79 Å². The summed E-state index contributed by atoms with van der Waals surface area (Å²) in [4.78, 5) is 15.9. The lowest BCUT2D eigenvalue weighted by Crippen LogP contribution is -2.27. The highest BCUT2D eigenvalue weighted by atomic mass is 16.6. The summed E-state index contributed by atoms with van der Waals surface area (Å²) in [5, 5.41) is 0. The first kappa shape index (κ1) is 21.5. The molecule has 0 aliphatic rings. The molecule has 6 nitrogen and oxygen atoms in total. The molecule has 0 saturated carbocycles. The highest BCUT2D eigenvalue weighted by Gasteiger charge is 2.16. The van der Waals surface area contributed by atoms with Crippen LogP contribution in [0.5, 0.6) is 17.2 Å². The van der Waals surface area contributed by atoms with Crippen molar-refractivity contribution in [1.82, 2.24) is 4.98 Å². The average molecular weight is 386 g/mol. The van der Waals surface area contributed by atoms with E-state index in [2.05, 4.69) is 11.4 Å². The topological polar surface area (TPSA) is 66.9 Å². The van der Waals surface area contributed by atoms with Crippen LogP contribution in [0.15, 0.2) is 36.7 Å². The quantitative estimate of drug-likeness (QED) is 0.607. The molecule has 0 bridgehead atoms. The van der Waals surface area contributed by atoms with Crippen molar-refractivity contribution >= 4 is 5.97 Å². The Balaban J connectivity index is 1.85. The molecular formula is C22H28NO5. The summed E-state index contributed by atoms with van der Waals surface area (Å²) < 4.78 is 21.3. The number of hydrogen-bond donors (Lipinski definition) is 0. The summed E-state index contributed by atoms with van der Waals surface area (Å²) >= 11 is 0. The number of ether oxygens (including phenoxy) is 4. The molecule has 0 spiro atoms. The molecule has 1 radical (unpaired) electrons. The second-order valence-corrected chi connectivity index (χ2v) is 7.26. The number of nitrogens with zero attached hydrogens (tertiary/aromatic N) is 1. The largest absolute Gasteiger partial charge is 0.493 e. The van der Waals surface area contributed by atoms with Crippen LogP contribution in [-0.4, -0.2) is 37.4 Å². The Morgan fingerprint density at radius 1 is 1.07 bits per heavy atom. The van der Waals surface area contributed by atoms with Crippen LogP contribution in [0.1, 0.15) is 38.3 Å². The standard InChI is InChI=1S/C22H28NO5/c1-22(2,3)28-21(24)15-27-18-11-17(13-23-14-18)8-6-7-16-9-10-19(25-4)20(12-16)26-5/h8-14H,6-7,15H2,1-5H3.